The normalized spacial score (nSPS) is 10.6. The number of hydrogen-bond donors (Lipinski definition) is 1. The first-order valence-corrected chi connectivity index (χ1v) is 7.10. The Labute approximate surface area is 127 Å². The predicted molar refractivity (Wildman–Crippen MR) is 85.1 cm³/mol. The molecule has 0 saturated carbocycles. The summed E-state index contributed by atoms with van der Waals surface area (Å²) in [6.07, 6.45) is 2.62. The topological polar surface area (TPSA) is 42.0 Å². The first-order chi connectivity index (χ1) is 10.7. The second-order valence-corrected chi connectivity index (χ2v) is 5.06. The third-order valence-electron chi connectivity index (χ3n) is 3.46. The number of aryl methyl sites for hydroxylation is 1. The fraction of sp³-hybridized carbons (Fsp3) is 0.111. The Morgan fingerprint density at radius 3 is 2.64 bits per heavy atom. The van der Waals surface area contributed by atoms with Gasteiger partial charge in [0.2, 0.25) is 5.91 Å². The van der Waals surface area contributed by atoms with E-state index in [1.165, 1.54) is 12.1 Å². The van der Waals surface area contributed by atoms with Gasteiger partial charge in [0.25, 0.3) is 0 Å². The van der Waals surface area contributed by atoms with Gasteiger partial charge in [-0.3, -0.25) is 9.78 Å². The van der Waals surface area contributed by atoms with E-state index in [4.69, 9.17) is 0 Å². The van der Waals surface area contributed by atoms with E-state index in [0.717, 1.165) is 16.5 Å². The highest BCUT2D eigenvalue weighted by Gasteiger charge is 2.07. The number of benzene rings is 2. The molecule has 3 nitrogen and oxygen atoms in total. The molecule has 110 valence electrons. The van der Waals surface area contributed by atoms with Crippen LogP contribution in [0.25, 0.3) is 10.9 Å². The average Bonchev–Trinajstić information content (AvgIpc) is 2.55. The maximum atomic E-state index is 12.8. The zero-order valence-electron chi connectivity index (χ0n) is 11.9. The quantitative estimate of drug-likeness (QED) is 0.791. The zero-order valence-corrected chi connectivity index (χ0v) is 11.9. The Bertz CT molecular complexity index is 794. The van der Waals surface area contributed by atoms with Gasteiger partial charge in [-0.25, -0.2) is 4.39 Å². The van der Waals surface area contributed by atoms with Gasteiger partial charge in [-0.1, -0.05) is 30.3 Å². The summed E-state index contributed by atoms with van der Waals surface area (Å²) in [5.41, 5.74) is 2.43. The van der Waals surface area contributed by atoms with E-state index in [9.17, 15) is 9.18 Å². The van der Waals surface area contributed by atoms with Crippen molar-refractivity contribution < 1.29 is 9.18 Å². The molecular formula is C18H15FN2O. The van der Waals surface area contributed by atoms with Gasteiger partial charge >= 0.3 is 0 Å². The van der Waals surface area contributed by atoms with E-state index in [2.05, 4.69) is 10.3 Å². The van der Waals surface area contributed by atoms with Crippen LogP contribution < -0.4 is 5.32 Å². The summed E-state index contributed by atoms with van der Waals surface area (Å²) in [6.45, 7) is 0. The van der Waals surface area contributed by atoms with Gasteiger partial charge in [-0.2, -0.15) is 0 Å². The molecule has 0 saturated heterocycles. The second kappa shape index (κ2) is 6.35. The van der Waals surface area contributed by atoms with E-state index in [-0.39, 0.29) is 11.7 Å². The summed E-state index contributed by atoms with van der Waals surface area (Å²) in [7, 11) is 0. The molecule has 2 aromatic carbocycles. The maximum Gasteiger partial charge on any atom is 0.224 e. The van der Waals surface area contributed by atoms with Crippen LogP contribution in [0.3, 0.4) is 0 Å². The summed E-state index contributed by atoms with van der Waals surface area (Å²) >= 11 is 0. The second-order valence-electron chi connectivity index (χ2n) is 5.06. The number of anilines is 1. The molecule has 3 aromatic rings. The van der Waals surface area contributed by atoms with Crippen LogP contribution in [0.15, 0.2) is 60.8 Å². The summed E-state index contributed by atoms with van der Waals surface area (Å²) in [5.74, 6) is -0.350. The summed E-state index contributed by atoms with van der Waals surface area (Å²) in [6, 6.07) is 15.7. The molecule has 1 amide bonds. The highest BCUT2D eigenvalue weighted by Crippen LogP contribution is 2.20. The number of amides is 1. The van der Waals surface area contributed by atoms with E-state index in [0.29, 0.717) is 18.5 Å². The van der Waals surface area contributed by atoms with Crippen LogP contribution >= 0.6 is 0 Å². The lowest BCUT2D eigenvalue weighted by Gasteiger charge is -2.08. The van der Waals surface area contributed by atoms with Gasteiger partial charge in [0.1, 0.15) is 5.82 Å². The van der Waals surface area contributed by atoms with E-state index < -0.39 is 0 Å². The number of nitrogens with zero attached hydrogens (tertiary/aromatic N) is 1. The van der Waals surface area contributed by atoms with Crippen molar-refractivity contribution in [2.24, 2.45) is 0 Å². The lowest BCUT2D eigenvalue weighted by atomic mass is 10.1. The molecule has 4 heteroatoms. The molecule has 0 fully saturated rings. The van der Waals surface area contributed by atoms with Gasteiger partial charge in [-0.05, 0) is 36.2 Å². The van der Waals surface area contributed by atoms with Gasteiger partial charge in [0.05, 0.1) is 11.2 Å². The number of aromatic nitrogens is 1. The maximum absolute atomic E-state index is 12.8. The molecule has 0 bridgehead atoms. The Morgan fingerprint density at radius 2 is 1.82 bits per heavy atom. The molecule has 0 aliphatic carbocycles. The predicted octanol–water partition coefficient (Wildman–Crippen LogP) is 3.95. The average molecular weight is 294 g/mol. The van der Waals surface area contributed by atoms with Gasteiger partial charge in [0.15, 0.2) is 0 Å². The van der Waals surface area contributed by atoms with E-state index in [1.807, 2.05) is 30.3 Å². The molecular weight excluding hydrogens is 279 g/mol. The van der Waals surface area contributed by atoms with Crippen molar-refractivity contribution in [2.45, 2.75) is 12.8 Å². The Balaban J connectivity index is 1.67. The van der Waals surface area contributed by atoms with Crippen molar-refractivity contribution in [3.05, 3.63) is 72.2 Å². The van der Waals surface area contributed by atoms with Crippen LogP contribution in [0.4, 0.5) is 10.1 Å². The number of halogens is 1. The number of carbonyl (C=O) groups excluding carboxylic acids is 1. The van der Waals surface area contributed by atoms with Gasteiger partial charge in [-0.15, -0.1) is 0 Å². The number of fused-ring (bicyclic) bond motifs is 1. The minimum atomic E-state index is -0.268. The Kier molecular flexibility index (Phi) is 4.10. The molecule has 0 aliphatic rings. The van der Waals surface area contributed by atoms with Gasteiger partial charge < -0.3 is 5.32 Å². The molecule has 22 heavy (non-hydrogen) atoms. The summed E-state index contributed by atoms with van der Waals surface area (Å²) in [5, 5.41) is 3.88. The first-order valence-electron chi connectivity index (χ1n) is 7.10. The molecule has 1 aromatic heterocycles. The Hall–Kier alpha value is -2.75. The minimum Gasteiger partial charge on any atom is -0.324 e. The number of hydrogen-bond acceptors (Lipinski definition) is 2. The van der Waals surface area contributed by atoms with Crippen molar-refractivity contribution in [3.8, 4) is 0 Å². The standard InChI is InChI=1S/C18H15FN2O/c19-15-9-6-13(7-10-15)8-11-17(22)21-16-5-1-3-14-4-2-12-20-18(14)16/h1-7,9-10,12H,8,11H2,(H,21,22). The van der Waals surface area contributed by atoms with Gasteiger partial charge in [0, 0.05) is 18.0 Å². The molecule has 1 heterocycles. The number of rotatable bonds is 4. The fourth-order valence-corrected chi connectivity index (χ4v) is 2.33. The number of pyridine rings is 1. The fourth-order valence-electron chi connectivity index (χ4n) is 2.33. The molecule has 0 atom stereocenters. The zero-order chi connectivity index (χ0) is 15.4. The summed E-state index contributed by atoms with van der Waals surface area (Å²) < 4.78 is 12.8. The van der Waals surface area contributed by atoms with Crippen molar-refractivity contribution in [3.63, 3.8) is 0 Å². The third-order valence-corrected chi connectivity index (χ3v) is 3.46. The van der Waals surface area contributed by atoms with Crippen molar-refractivity contribution in [1.29, 1.82) is 0 Å². The SMILES string of the molecule is O=C(CCc1ccc(F)cc1)Nc1cccc2cccnc12. The molecule has 0 radical (unpaired) electrons. The molecule has 3 rings (SSSR count). The van der Waals surface area contributed by atoms with Crippen LogP contribution in [0, 0.1) is 5.82 Å². The van der Waals surface area contributed by atoms with Crippen LogP contribution in [-0.4, -0.2) is 10.9 Å². The van der Waals surface area contributed by atoms with Crippen LogP contribution in [0.1, 0.15) is 12.0 Å². The van der Waals surface area contributed by atoms with Crippen molar-refractivity contribution in [1.82, 2.24) is 4.98 Å². The van der Waals surface area contributed by atoms with Crippen LogP contribution in [0.2, 0.25) is 0 Å². The van der Waals surface area contributed by atoms with Crippen LogP contribution in [-0.2, 0) is 11.2 Å². The highest BCUT2D eigenvalue weighted by molar-refractivity contribution is 6.00. The molecule has 0 aliphatic heterocycles. The number of para-hydroxylation sites is 1. The minimum absolute atomic E-state index is 0.0810. The molecule has 1 N–H and O–H groups in total. The first kappa shape index (κ1) is 14.2. The summed E-state index contributed by atoms with van der Waals surface area (Å²) in [4.78, 5) is 16.4. The monoisotopic (exact) mass is 294 g/mol. The molecule has 0 unspecified atom stereocenters. The van der Waals surface area contributed by atoms with E-state index in [1.54, 1.807) is 18.3 Å². The lowest BCUT2D eigenvalue weighted by molar-refractivity contribution is -0.116. The van der Waals surface area contributed by atoms with E-state index >= 15 is 0 Å². The highest BCUT2D eigenvalue weighted by atomic mass is 19.1. The number of nitrogens with one attached hydrogen (secondary N) is 1. The lowest BCUT2D eigenvalue weighted by Crippen LogP contribution is -2.12. The van der Waals surface area contributed by atoms with Crippen molar-refractivity contribution >= 4 is 22.5 Å². The molecule has 0 spiro atoms. The Morgan fingerprint density at radius 1 is 1.05 bits per heavy atom. The smallest absolute Gasteiger partial charge is 0.224 e. The van der Waals surface area contributed by atoms with Crippen molar-refractivity contribution in [2.75, 3.05) is 5.32 Å². The largest absolute Gasteiger partial charge is 0.324 e. The number of carbonyl (C=O) groups is 1. The third kappa shape index (κ3) is 3.28. The van der Waals surface area contributed by atoms with Crippen LogP contribution in [0.5, 0.6) is 0 Å².